The van der Waals surface area contributed by atoms with Crippen LogP contribution in [-0.4, -0.2) is 15.6 Å². The summed E-state index contributed by atoms with van der Waals surface area (Å²) in [5.41, 5.74) is 6.61. The number of Topliss-reactive ketones (excluding diaryl/α,β-unsaturated/α-hetero) is 1. The molecule has 0 radical (unpaired) electrons. The van der Waals surface area contributed by atoms with E-state index in [9.17, 15) is 4.79 Å². The maximum atomic E-state index is 11.6. The van der Waals surface area contributed by atoms with Crippen molar-refractivity contribution >= 4 is 5.78 Å². The topological polar surface area (TPSA) is 60.9 Å². The van der Waals surface area contributed by atoms with E-state index >= 15 is 0 Å². The minimum Gasteiger partial charge on any atom is -0.318 e. The van der Waals surface area contributed by atoms with E-state index in [0.29, 0.717) is 0 Å². The third kappa shape index (κ3) is 1.62. The lowest BCUT2D eigenvalue weighted by molar-refractivity contribution is -0.121. The lowest BCUT2D eigenvalue weighted by Crippen LogP contribution is -2.22. The predicted octanol–water partition coefficient (Wildman–Crippen LogP) is 0.399. The largest absolute Gasteiger partial charge is 0.318 e. The highest BCUT2D eigenvalue weighted by molar-refractivity contribution is 5.88. The Hall–Kier alpha value is -1.16. The van der Waals surface area contributed by atoms with E-state index in [1.54, 1.807) is 17.1 Å². The minimum absolute atomic E-state index is 0.160. The molecular weight excluding hydrogens is 166 g/mol. The van der Waals surface area contributed by atoms with Crippen LogP contribution in [0.2, 0.25) is 0 Å². The number of nitrogens with zero attached hydrogens (tertiary/aromatic N) is 2. The first-order chi connectivity index (χ1) is 6.18. The molecule has 13 heavy (non-hydrogen) atoms. The first kappa shape index (κ1) is 8.44. The molecule has 0 amide bonds. The Balaban J connectivity index is 2.11. The molecule has 1 aromatic heterocycles. The summed E-state index contributed by atoms with van der Waals surface area (Å²) in [6.07, 6.45) is 5.47. The first-order valence-electron chi connectivity index (χ1n) is 4.46. The molecule has 1 aliphatic rings. The molecule has 1 aliphatic carbocycles. The molecule has 0 saturated heterocycles. The lowest BCUT2D eigenvalue weighted by Gasteiger charge is -2.05. The van der Waals surface area contributed by atoms with Crippen molar-refractivity contribution in [2.45, 2.75) is 18.9 Å². The Morgan fingerprint density at radius 3 is 2.92 bits per heavy atom. The fraction of sp³-hybridized carbons (Fsp3) is 0.556. The summed E-state index contributed by atoms with van der Waals surface area (Å²) in [4.78, 5) is 11.6. The van der Waals surface area contributed by atoms with Crippen molar-refractivity contribution in [1.82, 2.24) is 9.78 Å². The van der Waals surface area contributed by atoms with Gasteiger partial charge in [-0.3, -0.25) is 9.48 Å². The Labute approximate surface area is 76.7 Å². The second kappa shape index (κ2) is 2.96. The molecule has 1 saturated carbocycles. The maximum absolute atomic E-state index is 11.6. The van der Waals surface area contributed by atoms with Crippen molar-refractivity contribution < 1.29 is 4.79 Å². The van der Waals surface area contributed by atoms with Crippen LogP contribution in [0.15, 0.2) is 12.4 Å². The van der Waals surface area contributed by atoms with Gasteiger partial charge in [0.25, 0.3) is 0 Å². The minimum atomic E-state index is -0.471. The highest BCUT2D eigenvalue weighted by atomic mass is 16.1. The van der Waals surface area contributed by atoms with Crippen LogP contribution in [0, 0.1) is 5.92 Å². The number of ketones is 1. The van der Waals surface area contributed by atoms with Gasteiger partial charge in [0.05, 0.1) is 12.2 Å². The third-order valence-electron chi connectivity index (χ3n) is 2.37. The van der Waals surface area contributed by atoms with Crippen LogP contribution in [-0.2, 0) is 11.8 Å². The van der Waals surface area contributed by atoms with Crippen LogP contribution in [0.25, 0.3) is 0 Å². The van der Waals surface area contributed by atoms with E-state index in [0.717, 1.165) is 18.4 Å². The number of carbonyl (C=O) groups excluding carboxylic acids is 1. The fourth-order valence-corrected chi connectivity index (χ4v) is 1.39. The van der Waals surface area contributed by atoms with Crippen LogP contribution in [0.5, 0.6) is 0 Å². The summed E-state index contributed by atoms with van der Waals surface area (Å²) in [5, 5.41) is 3.98. The summed E-state index contributed by atoms with van der Waals surface area (Å²) in [5.74, 6) is 0.378. The van der Waals surface area contributed by atoms with Crippen LogP contribution < -0.4 is 5.73 Å². The molecule has 4 heteroatoms. The van der Waals surface area contributed by atoms with Gasteiger partial charge in [0.1, 0.15) is 0 Å². The van der Waals surface area contributed by atoms with E-state index in [-0.39, 0.29) is 11.7 Å². The Morgan fingerprint density at radius 2 is 2.46 bits per heavy atom. The Kier molecular flexibility index (Phi) is 1.92. The molecule has 2 rings (SSSR count). The number of hydrogen-bond acceptors (Lipinski definition) is 3. The van der Waals surface area contributed by atoms with Crippen molar-refractivity contribution in [3.63, 3.8) is 0 Å². The Bertz CT molecular complexity index is 327. The van der Waals surface area contributed by atoms with Gasteiger partial charge in [0.2, 0.25) is 0 Å². The van der Waals surface area contributed by atoms with E-state index < -0.39 is 6.04 Å². The Morgan fingerprint density at radius 1 is 1.77 bits per heavy atom. The van der Waals surface area contributed by atoms with Gasteiger partial charge in [0.15, 0.2) is 5.78 Å². The van der Waals surface area contributed by atoms with Crippen LogP contribution in [0.3, 0.4) is 0 Å². The van der Waals surface area contributed by atoms with E-state index in [2.05, 4.69) is 5.10 Å². The van der Waals surface area contributed by atoms with E-state index in [4.69, 9.17) is 5.73 Å². The average Bonchev–Trinajstić information content (AvgIpc) is 2.87. The second-order valence-electron chi connectivity index (χ2n) is 3.60. The van der Waals surface area contributed by atoms with Crippen LogP contribution >= 0.6 is 0 Å². The van der Waals surface area contributed by atoms with Crippen molar-refractivity contribution in [3.8, 4) is 0 Å². The van der Waals surface area contributed by atoms with Gasteiger partial charge >= 0.3 is 0 Å². The highest BCUT2D eigenvalue weighted by Gasteiger charge is 2.34. The molecule has 70 valence electrons. The van der Waals surface area contributed by atoms with Crippen molar-refractivity contribution in [2.75, 3.05) is 0 Å². The van der Waals surface area contributed by atoms with Gasteiger partial charge in [0, 0.05) is 24.7 Å². The number of nitrogens with two attached hydrogens (primary N) is 1. The predicted molar refractivity (Wildman–Crippen MR) is 47.9 cm³/mol. The van der Waals surface area contributed by atoms with Gasteiger partial charge in [-0.05, 0) is 12.8 Å². The number of carbonyl (C=O) groups is 1. The maximum Gasteiger partial charge on any atom is 0.157 e. The smallest absolute Gasteiger partial charge is 0.157 e. The van der Waals surface area contributed by atoms with Crippen molar-refractivity contribution in [3.05, 3.63) is 18.0 Å². The SMILES string of the molecule is Cn1cc(C(N)C(=O)C2CC2)cn1. The van der Waals surface area contributed by atoms with Gasteiger partial charge in [-0.2, -0.15) is 5.10 Å². The van der Waals surface area contributed by atoms with Gasteiger partial charge < -0.3 is 5.73 Å². The van der Waals surface area contributed by atoms with E-state index in [1.807, 2.05) is 7.05 Å². The fourth-order valence-electron chi connectivity index (χ4n) is 1.39. The van der Waals surface area contributed by atoms with Gasteiger partial charge in [-0.1, -0.05) is 0 Å². The molecule has 0 bridgehead atoms. The lowest BCUT2D eigenvalue weighted by atomic mass is 10.0. The molecule has 1 aromatic rings. The second-order valence-corrected chi connectivity index (χ2v) is 3.60. The zero-order chi connectivity index (χ0) is 9.42. The normalized spacial score (nSPS) is 18.6. The molecule has 0 aliphatic heterocycles. The molecule has 1 heterocycles. The molecule has 2 N–H and O–H groups in total. The molecular formula is C9H13N3O. The van der Waals surface area contributed by atoms with Gasteiger partial charge in [-0.25, -0.2) is 0 Å². The van der Waals surface area contributed by atoms with Crippen molar-refractivity contribution in [1.29, 1.82) is 0 Å². The van der Waals surface area contributed by atoms with Crippen LogP contribution in [0.1, 0.15) is 24.4 Å². The van der Waals surface area contributed by atoms with Crippen LogP contribution in [0.4, 0.5) is 0 Å². The summed E-state index contributed by atoms with van der Waals surface area (Å²) < 4.78 is 1.66. The molecule has 1 fully saturated rings. The highest BCUT2D eigenvalue weighted by Crippen LogP contribution is 2.33. The number of rotatable bonds is 3. The summed E-state index contributed by atoms with van der Waals surface area (Å²) in [6, 6.07) is -0.471. The monoisotopic (exact) mass is 179 g/mol. The average molecular weight is 179 g/mol. The van der Waals surface area contributed by atoms with Gasteiger partial charge in [-0.15, -0.1) is 0 Å². The standard InChI is InChI=1S/C9H13N3O/c1-12-5-7(4-11-12)8(10)9(13)6-2-3-6/h4-6,8H,2-3,10H2,1H3. The summed E-state index contributed by atoms with van der Waals surface area (Å²) >= 11 is 0. The molecule has 4 nitrogen and oxygen atoms in total. The molecule has 1 unspecified atom stereocenters. The number of aromatic nitrogens is 2. The molecule has 1 atom stereocenters. The summed E-state index contributed by atoms with van der Waals surface area (Å²) in [7, 11) is 1.82. The zero-order valence-electron chi connectivity index (χ0n) is 7.60. The number of aryl methyl sites for hydroxylation is 1. The third-order valence-corrected chi connectivity index (χ3v) is 2.37. The quantitative estimate of drug-likeness (QED) is 0.730. The molecule has 0 spiro atoms. The van der Waals surface area contributed by atoms with E-state index in [1.165, 1.54) is 0 Å². The zero-order valence-corrected chi connectivity index (χ0v) is 7.60. The number of hydrogen-bond donors (Lipinski definition) is 1. The molecule has 0 aromatic carbocycles. The summed E-state index contributed by atoms with van der Waals surface area (Å²) in [6.45, 7) is 0. The van der Waals surface area contributed by atoms with Crippen molar-refractivity contribution in [2.24, 2.45) is 18.7 Å². The first-order valence-corrected chi connectivity index (χ1v) is 4.46.